The van der Waals surface area contributed by atoms with Gasteiger partial charge in [-0.25, -0.2) is 0 Å². The smallest absolute Gasteiger partial charge is 0.238 e. The molecule has 0 bridgehead atoms. The molecule has 2 aromatic rings. The number of amides is 2. The number of nitrogens with zero attached hydrogens (tertiary/aromatic N) is 3. The summed E-state index contributed by atoms with van der Waals surface area (Å²) in [7, 11) is 1.82. The molecule has 0 aliphatic carbocycles. The highest BCUT2D eigenvalue weighted by Gasteiger charge is 2.26. The lowest BCUT2D eigenvalue weighted by Gasteiger charge is -2.30. The van der Waals surface area contributed by atoms with Crippen molar-refractivity contribution in [1.82, 2.24) is 20.0 Å². The van der Waals surface area contributed by atoms with Crippen molar-refractivity contribution in [2.45, 2.75) is 26.3 Å². The summed E-state index contributed by atoms with van der Waals surface area (Å²) >= 11 is 0. The van der Waals surface area contributed by atoms with Crippen LogP contribution in [0.1, 0.15) is 24.3 Å². The number of nitrogens with one attached hydrogen (secondary N) is 2. The van der Waals surface area contributed by atoms with Crippen LogP contribution >= 0.6 is 0 Å². The molecule has 8 heteroatoms. The van der Waals surface area contributed by atoms with Crippen molar-refractivity contribution in [3.63, 3.8) is 0 Å². The van der Waals surface area contributed by atoms with Gasteiger partial charge in [0.1, 0.15) is 5.76 Å². The van der Waals surface area contributed by atoms with E-state index in [0.29, 0.717) is 13.1 Å². The van der Waals surface area contributed by atoms with E-state index < -0.39 is 0 Å². The number of piperidine rings is 1. The summed E-state index contributed by atoms with van der Waals surface area (Å²) in [4.78, 5) is 26.5. The molecular weight excluding hydrogens is 334 g/mol. The Hall–Kier alpha value is -2.61. The first-order chi connectivity index (χ1) is 12.5. The zero-order valence-electron chi connectivity index (χ0n) is 15.2. The predicted molar refractivity (Wildman–Crippen MR) is 96.3 cm³/mol. The van der Waals surface area contributed by atoms with Crippen LogP contribution in [0, 0.1) is 12.8 Å². The molecule has 1 aliphatic rings. The van der Waals surface area contributed by atoms with Crippen LogP contribution in [-0.4, -0.2) is 46.1 Å². The number of likely N-dealkylation sites (tertiary alicyclic amines) is 1. The van der Waals surface area contributed by atoms with Gasteiger partial charge in [0.05, 0.1) is 30.7 Å². The number of aromatic nitrogens is 2. The normalized spacial score (nSPS) is 15.8. The maximum Gasteiger partial charge on any atom is 0.238 e. The summed E-state index contributed by atoms with van der Waals surface area (Å²) in [5, 5.41) is 10.0. The number of carbonyl (C=O) groups excluding carboxylic acids is 2. The lowest BCUT2D eigenvalue weighted by atomic mass is 9.96. The van der Waals surface area contributed by atoms with E-state index in [9.17, 15) is 9.59 Å². The van der Waals surface area contributed by atoms with E-state index in [2.05, 4.69) is 20.6 Å². The second kappa shape index (κ2) is 8.18. The Kier molecular flexibility index (Phi) is 5.72. The minimum Gasteiger partial charge on any atom is -0.467 e. The Bertz CT molecular complexity index is 745. The molecule has 0 unspecified atom stereocenters. The fourth-order valence-electron chi connectivity index (χ4n) is 3.20. The fourth-order valence-corrected chi connectivity index (χ4v) is 3.20. The van der Waals surface area contributed by atoms with Gasteiger partial charge in [-0.1, -0.05) is 0 Å². The topological polar surface area (TPSA) is 92.4 Å². The molecule has 1 saturated heterocycles. The molecule has 0 aromatic carbocycles. The quantitative estimate of drug-likeness (QED) is 0.811. The first kappa shape index (κ1) is 18.2. The van der Waals surface area contributed by atoms with Gasteiger partial charge in [-0.2, -0.15) is 5.10 Å². The largest absolute Gasteiger partial charge is 0.467 e. The Labute approximate surface area is 152 Å². The summed E-state index contributed by atoms with van der Waals surface area (Å²) < 4.78 is 6.90. The van der Waals surface area contributed by atoms with Crippen molar-refractivity contribution >= 4 is 17.5 Å². The van der Waals surface area contributed by atoms with Crippen molar-refractivity contribution in [1.29, 1.82) is 0 Å². The lowest BCUT2D eigenvalue weighted by Crippen LogP contribution is -2.43. The van der Waals surface area contributed by atoms with Gasteiger partial charge < -0.3 is 15.1 Å². The second-order valence-corrected chi connectivity index (χ2v) is 6.70. The molecular formula is C18H25N5O3. The standard InChI is InChI=1S/C18H25N5O3/c1-13-16(11-22(2)21-13)20-17(24)12-23-7-5-14(6-8-23)18(25)19-10-15-4-3-9-26-15/h3-4,9,11,14H,5-8,10,12H2,1-2H3,(H,19,25)(H,20,24). The van der Waals surface area contributed by atoms with Crippen LogP contribution < -0.4 is 10.6 Å². The number of rotatable bonds is 6. The molecule has 1 aliphatic heterocycles. The van der Waals surface area contributed by atoms with E-state index in [1.165, 1.54) is 0 Å². The van der Waals surface area contributed by atoms with Gasteiger partial charge in [0.15, 0.2) is 0 Å². The fraction of sp³-hybridized carbons (Fsp3) is 0.500. The van der Waals surface area contributed by atoms with Gasteiger partial charge in [0.25, 0.3) is 0 Å². The monoisotopic (exact) mass is 359 g/mol. The molecule has 0 radical (unpaired) electrons. The highest BCUT2D eigenvalue weighted by atomic mass is 16.3. The third-order valence-electron chi connectivity index (χ3n) is 4.63. The summed E-state index contributed by atoms with van der Waals surface area (Å²) in [5.74, 6) is 0.737. The highest BCUT2D eigenvalue weighted by Crippen LogP contribution is 2.18. The van der Waals surface area contributed by atoms with E-state index in [1.807, 2.05) is 20.0 Å². The number of carbonyl (C=O) groups is 2. The third kappa shape index (κ3) is 4.72. The van der Waals surface area contributed by atoms with Crippen LogP contribution in [0.5, 0.6) is 0 Å². The molecule has 0 atom stereocenters. The summed E-state index contributed by atoms with van der Waals surface area (Å²) in [6.45, 7) is 4.08. The van der Waals surface area contributed by atoms with Crippen molar-refractivity contribution < 1.29 is 14.0 Å². The molecule has 3 rings (SSSR count). The third-order valence-corrected chi connectivity index (χ3v) is 4.63. The number of furan rings is 1. The van der Waals surface area contributed by atoms with Crippen LogP contribution in [0.4, 0.5) is 5.69 Å². The zero-order valence-corrected chi connectivity index (χ0v) is 15.2. The van der Waals surface area contributed by atoms with Crippen LogP contribution in [0.25, 0.3) is 0 Å². The van der Waals surface area contributed by atoms with Crippen LogP contribution in [0.15, 0.2) is 29.0 Å². The molecule has 1 fully saturated rings. The van der Waals surface area contributed by atoms with Crippen molar-refractivity contribution in [2.24, 2.45) is 13.0 Å². The number of aryl methyl sites for hydroxylation is 2. The average Bonchev–Trinajstić information content (AvgIpc) is 3.23. The minimum atomic E-state index is -0.0539. The van der Waals surface area contributed by atoms with E-state index in [4.69, 9.17) is 4.42 Å². The van der Waals surface area contributed by atoms with Gasteiger partial charge in [0, 0.05) is 19.2 Å². The Morgan fingerprint density at radius 3 is 2.73 bits per heavy atom. The number of hydrogen-bond donors (Lipinski definition) is 2. The van der Waals surface area contributed by atoms with Crippen molar-refractivity contribution in [2.75, 3.05) is 25.0 Å². The molecule has 0 spiro atoms. The maximum atomic E-state index is 12.2. The van der Waals surface area contributed by atoms with E-state index in [1.54, 1.807) is 23.2 Å². The number of hydrogen-bond acceptors (Lipinski definition) is 5. The average molecular weight is 359 g/mol. The van der Waals surface area contributed by atoms with Gasteiger partial charge in [0.2, 0.25) is 11.8 Å². The predicted octanol–water partition coefficient (Wildman–Crippen LogP) is 1.29. The Balaban J connectivity index is 1.39. The molecule has 26 heavy (non-hydrogen) atoms. The van der Waals surface area contributed by atoms with Crippen LogP contribution in [0.3, 0.4) is 0 Å². The second-order valence-electron chi connectivity index (χ2n) is 6.70. The molecule has 3 heterocycles. The van der Waals surface area contributed by atoms with Crippen LogP contribution in [-0.2, 0) is 23.2 Å². The lowest BCUT2D eigenvalue weighted by molar-refractivity contribution is -0.126. The van der Waals surface area contributed by atoms with Crippen molar-refractivity contribution in [3.05, 3.63) is 36.0 Å². The van der Waals surface area contributed by atoms with E-state index in [0.717, 1.165) is 43.1 Å². The summed E-state index contributed by atoms with van der Waals surface area (Å²) in [5.41, 5.74) is 1.54. The van der Waals surface area contributed by atoms with Gasteiger partial charge >= 0.3 is 0 Å². The summed E-state index contributed by atoms with van der Waals surface area (Å²) in [6.07, 6.45) is 4.90. The molecule has 2 N–H and O–H groups in total. The first-order valence-corrected chi connectivity index (χ1v) is 8.84. The molecule has 0 saturated carbocycles. The molecule has 140 valence electrons. The van der Waals surface area contributed by atoms with Crippen molar-refractivity contribution in [3.8, 4) is 0 Å². The van der Waals surface area contributed by atoms with Gasteiger partial charge in [-0.05, 0) is 45.0 Å². The minimum absolute atomic E-state index is 0.00941. The SMILES string of the molecule is Cc1nn(C)cc1NC(=O)CN1CCC(C(=O)NCc2ccco2)CC1. The molecule has 8 nitrogen and oxygen atoms in total. The van der Waals surface area contributed by atoms with Crippen LogP contribution in [0.2, 0.25) is 0 Å². The first-order valence-electron chi connectivity index (χ1n) is 8.84. The van der Waals surface area contributed by atoms with E-state index >= 15 is 0 Å². The Morgan fingerprint density at radius 1 is 1.35 bits per heavy atom. The Morgan fingerprint density at radius 2 is 2.12 bits per heavy atom. The van der Waals surface area contributed by atoms with E-state index in [-0.39, 0.29) is 17.7 Å². The number of anilines is 1. The highest BCUT2D eigenvalue weighted by molar-refractivity contribution is 5.92. The maximum absolute atomic E-state index is 12.2. The zero-order chi connectivity index (χ0) is 18.5. The molecule has 2 amide bonds. The van der Waals surface area contributed by atoms with Gasteiger partial charge in [-0.15, -0.1) is 0 Å². The van der Waals surface area contributed by atoms with Gasteiger partial charge in [-0.3, -0.25) is 19.2 Å². The molecule has 2 aromatic heterocycles. The summed E-state index contributed by atoms with van der Waals surface area (Å²) in [6, 6.07) is 3.64.